The molecule has 0 bridgehead atoms. The van der Waals surface area contributed by atoms with Crippen molar-refractivity contribution < 1.29 is 14.3 Å². The summed E-state index contributed by atoms with van der Waals surface area (Å²) in [5.74, 6) is -0.384. The van der Waals surface area contributed by atoms with Crippen LogP contribution in [-0.2, 0) is 22.5 Å². The molecule has 1 amide bonds. The molecule has 3 aromatic carbocycles. The van der Waals surface area contributed by atoms with E-state index in [1.54, 1.807) is 24.3 Å². The van der Waals surface area contributed by atoms with E-state index in [-0.39, 0.29) is 18.3 Å². The maximum Gasteiger partial charge on any atom is 0.310 e. The van der Waals surface area contributed by atoms with Crippen LogP contribution in [0.1, 0.15) is 86.2 Å². The topological polar surface area (TPSA) is 96.7 Å². The zero-order valence-electron chi connectivity index (χ0n) is 26.6. The zero-order valence-corrected chi connectivity index (χ0v) is 29.7. The van der Waals surface area contributed by atoms with Gasteiger partial charge < -0.3 is 21.1 Å². The van der Waals surface area contributed by atoms with E-state index in [1.165, 1.54) is 32.1 Å². The van der Waals surface area contributed by atoms with Gasteiger partial charge in [0.05, 0.1) is 34.4 Å². The molecule has 7 nitrogen and oxygen atoms in total. The maximum atomic E-state index is 13.0. The van der Waals surface area contributed by atoms with Gasteiger partial charge in [-0.3, -0.25) is 14.5 Å². The molecular weight excluding hydrogens is 687 g/mol. The molecule has 3 aromatic rings. The highest BCUT2D eigenvalue weighted by Crippen LogP contribution is 2.34. The van der Waals surface area contributed by atoms with Crippen LogP contribution in [0.3, 0.4) is 0 Å². The fourth-order valence-corrected chi connectivity index (χ4v) is 6.92. The Kier molecular flexibility index (Phi) is 14.5. The second kappa shape index (κ2) is 18.5. The van der Waals surface area contributed by atoms with Crippen molar-refractivity contribution in [1.29, 1.82) is 0 Å². The normalized spacial score (nSPS) is 13.5. The van der Waals surface area contributed by atoms with Gasteiger partial charge in [-0.2, -0.15) is 0 Å². The number of carbonyl (C=O) groups is 2. The Hall–Kier alpha value is -2.78. The van der Waals surface area contributed by atoms with Gasteiger partial charge >= 0.3 is 5.97 Å². The highest BCUT2D eigenvalue weighted by molar-refractivity contribution is 9.10. The summed E-state index contributed by atoms with van der Waals surface area (Å²) in [5.41, 5.74) is 10.9. The van der Waals surface area contributed by atoms with Crippen LogP contribution in [0.4, 0.5) is 17.1 Å². The first kappa shape index (κ1) is 36.1. The number of nitrogen functional groups attached to an aromatic ring is 1. The van der Waals surface area contributed by atoms with Crippen LogP contribution < -0.4 is 16.4 Å². The highest BCUT2D eigenvalue weighted by atomic mass is 79.9. The van der Waals surface area contributed by atoms with Crippen molar-refractivity contribution in [3.8, 4) is 0 Å². The number of unbranched alkanes of at least 4 members (excludes halogenated alkanes) is 3. The van der Waals surface area contributed by atoms with Gasteiger partial charge in [0, 0.05) is 34.9 Å². The average molecular weight is 733 g/mol. The van der Waals surface area contributed by atoms with Gasteiger partial charge in [0.15, 0.2) is 0 Å². The Labute approximate surface area is 291 Å². The molecule has 1 fully saturated rings. The third-order valence-corrected chi connectivity index (χ3v) is 9.83. The average Bonchev–Trinajstić information content (AvgIpc) is 3.05. The summed E-state index contributed by atoms with van der Waals surface area (Å²) >= 11 is 16.2. The van der Waals surface area contributed by atoms with Crippen LogP contribution >= 0.6 is 39.1 Å². The largest absolute Gasteiger partial charge is 0.465 e. The summed E-state index contributed by atoms with van der Waals surface area (Å²) in [6, 6.07) is 17.1. The lowest BCUT2D eigenvalue weighted by Crippen LogP contribution is -2.36. The first-order chi connectivity index (χ1) is 22.3. The third-order valence-electron chi connectivity index (χ3n) is 8.54. The lowest BCUT2D eigenvalue weighted by Gasteiger charge is -2.34. The van der Waals surface area contributed by atoms with E-state index in [9.17, 15) is 9.59 Å². The molecule has 0 spiro atoms. The summed E-state index contributed by atoms with van der Waals surface area (Å²) in [7, 11) is 0. The van der Waals surface area contributed by atoms with Crippen molar-refractivity contribution in [3.63, 3.8) is 0 Å². The van der Waals surface area contributed by atoms with E-state index < -0.39 is 0 Å². The summed E-state index contributed by atoms with van der Waals surface area (Å²) in [4.78, 5) is 28.0. The van der Waals surface area contributed by atoms with Crippen molar-refractivity contribution in [3.05, 3.63) is 85.8 Å². The summed E-state index contributed by atoms with van der Waals surface area (Å²) < 4.78 is 6.26. The van der Waals surface area contributed by atoms with Crippen molar-refractivity contribution in [1.82, 2.24) is 10.2 Å². The molecule has 1 aliphatic rings. The minimum atomic E-state index is -0.290. The van der Waals surface area contributed by atoms with Crippen LogP contribution in [0.2, 0.25) is 10.0 Å². The van der Waals surface area contributed by atoms with Gasteiger partial charge in [0.1, 0.15) is 0 Å². The molecule has 0 unspecified atom stereocenters. The predicted molar refractivity (Wildman–Crippen MR) is 193 cm³/mol. The van der Waals surface area contributed by atoms with Gasteiger partial charge in [0.25, 0.3) is 5.91 Å². The lowest BCUT2D eigenvalue weighted by molar-refractivity contribution is -0.142. The number of anilines is 3. The smallest absolute Gasteiger partial charge is 0.310 e. The van der Waals surface area contributed by atoms with Crippen molar-refractivity contribution >= 4 is 68.1 Å². The number of rotatable bonds is 16. The number of ether oxygens (including phenoxy) is 1. The first-order valence-electron chi connectivity index (χ1n) is 16.3. The van der Waals surface area contributed by atoms with Crippen molar-refractivity contribution in [2.75, 3.05) is 30.7 Å². The number of para-hydroxylation sites is 2. The van der Waals surface area contributed by atoms with Crippen LogP contribution in [0.5, 0.6) is 0 Å². The van der Waals surface area contributed by atoms with E-state index in [2.05, 4.69) is 38.4 Å². The minimum Gasteiger partial charge on any atom is -0.465 e. The van der Waals surface area contributed by atoms with E-state index in [0.717, 1.165) is 60.1 Å². The van der Waals surface area contributed by atoms with Gasteiger partial charge in [-0.1, -0.05) is 80.1 Å². The van der Waals surface area contributed by atoms with Crippen molar-refractivity contribution in [2.24, 2.45) is 0 Å². The fourth-order valence-electron chi connectivity index (χ4n) is 5.93. The van der Waals surface area contributed by atoms with Crippen LogP contribution in [0.15, 0.2) is 59.1 Å². The number of nitrogens with one attached hydrogen (secondary N) is 2. The van der Waals surface area contributed by atoms with E-state index in [1.807, 2.05) is 30.3 Å². The molecule has 4 rings (SSSR count). The molecular formula is C36H45BrCl2N4O3. The molecule has 248 valence electrons. The fraction of sp³-hybridized carbons (Fsp3) is 0.444. The Morgan fingerprint density at radius 2 is 1.67 bits per heavy atom. The number of hydrogen-bond acceptors (Lipinski definition) is 6. The molecule has 0 radical (unpaired) electrons. The number of carbonyl (C=O) groups excluding carboxylic acids is 2. The number of esters is 1. The second-order valence-corrected chi connectivity index (χ2v) is 13.5. The number of halogens is 3. The number of benzene rings is 3. The van der Waals surface area contributed by atoms with E-state index in [0.29, 0.717) is 46.2 Å². The minimum absolute atomic E-state index is 0.0943. The predicted octanol–water partition coefficient (Wildman–Crippen LogP) is 9.31. The van der Waals surface area contributed by atoms with Gasteiger partial charge in [-0.25, -0.2) is 0 Å². The summed E-state index contributed by atoms with van der Waals surface area (Å²) in [6.45, 7) is 4.84. The standard InChI is InChI=1S/C36H45BrCl2N4O3/c1-2-43(28-14-6-5-7-15-28)24-27-21-26(22-29(37)34(27)40)36(45)41-19-10-3-4-11-20-46-33(44)23-25-13-8-9-18-32(25)42-35-30(38)16-12-17-31(35)39/h8-9,12-13,16-18,21-22,28,42H,2-7,10-11,14-15,19-20,23-24,40H2,1H3,(H,41,45). The maximum absolute atomic E-state index is 13.0. The molecule has 46 heavy (non-hydrogen) atoms. The monoisotopic (exact) mass is 730 g/mol. The third kappa shape index (κ3) is 10.6. The van der Waals surface area contributed by atoms with Gasteiger partial charge in [-0.05, 0) is 96.0 Å². The molecule has 10 heteroatoms. The Bertz CT molecular complexity index is 1440. The number of amides is 1. The number of hydrogen-bond donors (Lipinski definition) is 3. The second-order valence-electron chi connectivity index (χ2n) is 11.8. The number of nitrogens with zero attached hydrogens (tertiary/aromatic N) is 1. The molecule has 0 aromatic heterocycles. The van der Waals surface area contributed by atoms with Crippen LogP contribution in [0, 0.1) is 0 Å². The first-order valence-corrected chi connectivity index (χ1v) is 17.9. The molecule has 1 aliphatic carbocycles. The molecule has 4 N–H and O–H groups in total. The summed E-state index contributed by atoms with van der Waals surface area (Å²) in [5, 5.41) is 7.30. The van der Waals surface area contributed by atoms with E-state index in [4.69, 9.17) is 33.7 Å². The molecule has 0 heterocycles. The zero-order chi connectivity index (χ0) is 32.9. The summed E-state index contributed by atoms with van der Waals surface area (Å²) in [6.07, 6.45) is 9.90. The number of nitrogens with two attached hydrogens (primary N) is 1. The van der Waals surface area contributed by atoms with Crippen molar-refractivity contribution in [2.45, 2.75) is 83.7 Å². The Morgan fingerprint density at radius 3 is 2.41 bits per heavy atom. The Morgan fingerprint density at radius 1 is 0.957 bits per heavy atom. The van der Waals surface area contributed by atoms with Crippen LogP contribution in [0.25, 0.3) is 0 Å². The van der Waals surface area contributed by atoms with Gasteiger partial charge in [0.2, 0.25) is 0 Å². The van der Waals surface area contributed by atoms with E-state index >= 15 is 0 Å². The molecule has 0 atom stereocenters. The quantitative estimate of drug-likeness (QED) is 0.0772. The highest BCUT2D eigenvalue weighted by Gasteiger charge is 2.22. The molecule has 0 aliphatic heterocycles. The van der Waals surface area contributed by atoms with Gasteiger partial charge in [-0.15, -0.1) is 0 Å². The lowest BCUT2D eigenvalue weighted by atomic mass is 9.93. The van der Waals surface area contributed by atoms with Crippen LogP contribution in [-0.4, -0.2) is 42.5 Å². The SMILES string of the molecule is CCN(Cc1cc(C(=O)NCCCCCCOC(=O)Cc2ccccc2Nc2c(Cl)cccc2Cl)cc(Br)c1N)C1CCCCC1. The molecule has 0 saturated heterocycles. The molecule has 1 saturated carbocycles. The Balaban J connectivity index is 1.15.